The Morgan fingerprint density at radius 1 is 1.15 bits per heavy atom. The van der Waals surface area contributed by atoms with Crippen LogP contribution in [0.1, 0.15) is 5.69 Å². The van der Waals surface area contributed by atoms with Gasteiger partial charge >= 0.3 is 0 Å². The summed E-state index contributed by atoms with van der Waals surface area (Å²) < 4.78 is 5.18. The first-order chi connectivity index (χ1) is 13.0. The molecule has 7 heteroatoms. The van der Waals surface area contributed by atoms with Gasteiger partial charge in [0, 0.05) is 22.0 Å². The maximum absolute atomic E-state index is 12.2. The van der Waals surface area contributed by atoms with E-state index in [1.807, 2.05) is 37.3 Å². The van der Waals surface area contributed by atoms with E-state index in [2.05, 4.69) is 15.3 Å². The summed E-state index contributed by atoms with van der Waals surface area (Å²) in [5.41, 5.74) is 3.28. The Morgan fingerprint density at radius 2 is 1.93 bits per heavy atom. The largest absolute Gasteiger partial charge is 0.497 e. The Kier molecular flexibility index (Phi) is 6.32. The van der Waals surface area contributed by atoms with E-state index in [9.17, 15) is 4.79 Å². The number of amides is 1. The van der Waals surface area contributed by atoms with Gasteiger partial charge in [-0.3, -0.25) is 4.79 Å². The number of aryl methyl sites for hydroxylation is 1. The van der Waals surface area contributed by atoms with E-state index in [4.69, 9.17) is 16.3 Å². The van der Waals surface area contributed by atoms with Crippen LogP contribution in [0.5, 0.6) is 5.75 Å². The molecule has 1 aromatic heterocycles. The van der Waals surface area contributed by atoms with Crippen molar-refractivity contribution in [3.8, 4) is 17.0 Å². The summed E-state index contributed by atoms with van der Waals surface area (Å²) in [6.45, 7) is 1.91. The molecule has 0 bridgehead atoms. The summed E-state index contributed by atoms with van der Waals surface area (Å²) in [7, 11) is 1.63. The number of thioether (sulfide) groups is 1. The van der Waals surface area contributed by atoms with Crippen LogP contribution >= 0.6 is 23.4 Å². The number of nitrogens with one attached hydrogen (secondary N) is 1. The molecule has 0 fully saturated rings. The Balaban J connectivity index is 1.67. The number of hydrogen-bond donors (Lipinski definition) is 1. The Labute approximate surface area is 167 Å². The fourth-order valence-electron chi connectivity index (χ4n) is 2.41. The fraction of sp³-hybridized carbons (Fsp3) is 0.150. The van der Waals surface area contributed by atoms with Gasteiger partial charge in [-0.05, 0) is 55.5 Å². The molecule has 0 aliphatic carbocycles. The van der Waals surface area contributed by atoms with Gasteiger partial charge in [0.05, 0.1) is 18.6 Å². The van der Waals surface area contributed by atoms with Gasteiger partial charge in [0.15, 0.2) is 5.16 Å². The van der Waals surface area contributed by atoms with Gasteiger partial charge in [0.25, 0.3) is 0 Å². The lowest BCUT2D eigenvalue weighted by Gasteiger charge is -2.08. The van der Waals surface area contributed by atoms with E-state index in [-0.39, 0.29) is 11.7 Å². The van der Waals surface area contributed by atoms with Crippen molar-refractivity contribution in [1.29, 1.82) is 0 Å². The van der Waals surface area contributed by atoms with Gasteiger partial charge < -0.3 is 10.1 Å². The number of carbonyl (C=O) groups is 1. The van der Waals surface area contributed by atoms with Crippen LogP contribution in [0.2, 0.25) is 5.02 Å². The predicted molar refractivity (Wildman–Crippen MR) is 110 cm³/mol. The third-order valence-corrected chi connectivity index (χ3v) is 4.74. The highest BCUT2D eigenvalue weighted by atomic mass is 35.5. The number of carbonyl (C=O) groups excluding carboxylic acids is 1. The molecule has 0 atom stereocenters. The van der Waals surface area contributed by atoms with Gasteiger partial charge in [-0.2, -0.15) is 0 Å². The maximum Gasteiger partial charge on any atom is 0.234 e. The number of rotatable bonds is 6. The zero-order valence-electron chi connectivity index (χ0n) is 14.9. The van der Waals surface area contributed by atoms with Crippen LogP contribution in [0, 0.1) is 6.92 Å². The highest BCUT2D eigenvalue weighted by Crippen LogP contribution is 2.24. The summed E-state index contributed by atoms with van der Waals surface area (Å²) in [6, 6.07) is 16.6. The molecular weight excluding hydrogens is 382 g/mol. The van der Waals surface area contributed by atoms with Crippen molar-refractivity contribution in [2.45, 2.75) is 12.1 Å². The summed E-state index contributed by atoms with van der Waals surface area (Å²) in [5, 5.41) is 3.95. The van der Waals surface area contributed by atoms with E-state index in [1.54, 1.807) is 31.4 Å². The minimum Gasteiger partial charge on any atom is -0.497 e. The molecule has 3 rings (SSSR count). The molecule has 0 radical (unpaired) electrons. The standard InChI is InChI=1S/C20H18ClN3O2S/c1-13-10-18(14-6-8-17(26-2)9-7-14)24-20(22-13)27-12-19(25)23-16-5-3-4-15(21)11-16/h3-11H,12H2,1-2H3,(H,23,25). The topological polar surface area (TPSA) is 64.1 Å². The van der Waals surface area contributed by atoms with Crippen LogP contribution in [0.4, 0.5) is 5.69 Å². The molecule has 0 unspecified atom stereocenters. The number of aromatic nitrogens is 2. The van der Waals surface area contributed by atoms with E-state index in [1.165, 1.54) is 11.8 Å². The smallest absolute Gasteiger partial charge is 0.234 e. The molecule has 3 aromatic rings. The summed E-state index contributed by atoms with van der Waals surface area (Å²) in [4.78, 5) is 21.1. The number of anilines is 1. The summed E-state index contributed by atoms with van der Waals surface area (Å²) in [6.07, 6.45) is 0. The molecule has 1 heterocycles. The second kappa shape index (κ2) is 8.88. The average molecular weight is 400 g/mol. The van der Waals surface area contributed by atoms with E-state index < -0.39 is 0 Å². The molecule has 2 aromatic carbocycles. The normalized spacial score (nSPS) is 10.5. The monoisotopic (exact) mass is 399 g/mol. The second-order valence-corrected chi connectivity index (χ2v) is 7.13. The molecular formula is C20H18ClN3O2S. The number of halogens is 1. The molecule has 27 heavy (non-hydrogen) atoms. The van der Waals surface area contributed by atoms with Crippen LogP contribution in [-0.2, 0) is 4.79 Å². The number of benzene rings is 2. The van der Waals surface area contributed by atoms with Gasteiger partial charge in [0.2, 0.25) is 5.91 Å². The lowest BCUT2D eigenvalue weighted by molar-refractivity contribution is -0.113. The summed E-state index contributed by atoms with van der Waals surface area (Å²) >= 11 is 7.22. The van der Waals surface area contributed by atoms with Crippen LogP contribution in [-0.4, -0.2) is 28.7 Å². The first-order valence-corrected chi connectivity index (χ1v) is 9.58. The van der Waals surface area contributed by atoms with Crippen molar-refractivity contribution >= 4 is 35.0 Å². The Morgan fingerprint density at radius 3 is 2.63 bits per heavy atom. The molecule has 0 aliphatic rings. The van der Waals surface area contributed by atoms with Crippen LogP contribution in [0.3, 0.4) is 0 Å². The van der Waals surface area contributed by atoms with Crippen LogP contribution < -0.4 is 10.1 Å². The fourth-order valence-corrected chi connectivity index (χ4v) is 3.30. The average Bonchev–Trinajstić information content (AvgIpc) is 2.66. The lowest BCUT2D eigenvalue weighted by atomic mass is 10.1. The summed E-state index contributed by atoms with van der Waals surface area (Å²) in [5.74, 6) is 0.855. The first-order valence-electron chi connectivity index (χ1n) is 8.22. The van der Waals surface area contributed by atoms with Gasteiger partial charge in [-0.15, -0.1) is 0 Å². The van der Waals surface area contributed by atoms with Crippen molar-refractivity contribution in [3.63, 3.8) is 0 Å². The molecule has 1 amide bonds. The van der Waals surface area contributed by atoms with Crippen molar-refractivity contribution in [3.05, 3.63) is 65.3 Å². The van der Waals surface area contributed by atoms with Crippen molar-refractivity contribution in [1.82, 2.24) is 9.97 Å². The zero-order chi connectivity index (χ0) is 19.2. The van der Waals surface area contributed by atoms with Crippen molar-refractivity contribution in [2.75, 3.05) is 18.2 Å². The minimum atomic E-state index is -0.140. The van der Waals surface area contributed by atoms with Crippen LogP contribution in [0.25, 0.3) is 11.3 Å². The lowest BCUT2D eigenvalue weighted by Crippen LogP contribution is -2.14. The highest BCUT2D eigenvalue weighted by Gasteiger charge is 2.09. The minimum absolute atomic E-state index is 0.140. The van der Waals surface area contributed by atoms with E-state index in [0.717, 1.165) is 22.7 Å². The van der Waals surface area contributed by atoms with Crippen molar-refractivity contribution < 1.29 is 9.53 Å². The molecule has 0 aliphatic heterocycles. The number of ether oxygens (including phenoxy) is 1. The molecule has 0 spiro atoms. The predicted octanol–water partition coefficient (Wildman–Crippen LogP) is 4.84. The number of nitrogens with zero attached hydrogens (tertiary/aromatic N) is 2. The van der Waals surface area contributed by atoms with Gasteiger partial charge in [-0.25, -0.2) is 9.97 Å². The van der Waals surface area contributed by atoms with Crippen molar-refractivity contribution in [2.24, 2.45) is 0 Å². The maximum atomic E-state index is 12.2. The van der Waals surface area contributed by atoms with Gasteiger partial charge in [-0.1, -0.05) is 29.4 Å². The molecule has 1 N–H and O–H groups in total. The molecule has 138 valence electrons. The Bertz CT molecular complexity index is 948. The third kappa shape index (κ3) is 5.45. The molecule has 0 saturated heterocycles. The van der Waals surface area contributed by atoms with Gasteiger partial charge in [0.1, 0.15) is 5.75 Å². The van der Waals surface area contributed by atoms with E-state index in [0.29, 0.717) is 15.9 Å². The zero-order valence-corrected chi connectivity index (χ0v) is 16.5. The molecule has 5 nitrogen and oxygen atoms in total. The quantitative estimate of drug-likeness (QED) is 0.474. The third-order valence-electron chi connectivity index (χ3n) is 3.66. The first kappa shape index (κ1) is 19.2. The van der Waals surface area contributed by atoms with Crippen LogP contribution in [0.15, 0.2) is 59.8 Å². The van der Waals surface area contributed by atoms with E-state index >= 15 is 0 Å². The highest BCUT2D eigenvalue weighted by molar-refractivity contribution is 7.99. The Hall–Kier alpha value is -2.57. The second-order valence-electron chi connectivity index (χ2n) is 5.75. The SMILES string of the molecule is COc1ccc(-c2cc(C)nc(SCC(=O)Nc3cccc(Cl)c3)n2)cc1. The number of hydrogen-bond acceptors (Lipinski definition) is 5. The number of methoxy groups -OCH3 is 1. The molecule has 0 saturated carbocycles.